The molecule has 1 aromatic carbocycles. The lowest BCUT2D eigenvalue weighted by atomic mass is 10.2. The zero-order chi connectivity index (χ0) is 14.7. The molecule has 1 amide bonds. The molecule has 3 rings (SSSR count). The third-order valence-electron chi connectivity index (χ3n) is 3.19. The SMILES string of the molecule is O=C(Cn1c(=O)oc2ccccc21)NCCc1ccsc1. The van der Waals surface area contributed by atoms with Crippen LogP contribution in [0.5, 0.6) is 0 Å². The Balaban J connectivity index is 1.63. The lowest BCUT2D eigenvalue weighted by Gasteiger charge is -2.05. The van der Waals surface area contributed by atoms with Gasteiger partial charge in [0.2, 0.25) is 5.91 Å². The van der Waals surface area contributed by atoms with Crippen LogP contribution in [0.4, 0.5) is 0 Å². The Morgan fingerprint density at radius 1 is 1.29 bits per heavy atom. The molecule has 0 saturated carbocycles. The summed E-state index contributed by atoms with van der Waals surface area (Å²) in [5, 5.41) is 6.88. The Bertz CT molecular complexity index is 802. The van der Waals surface area contributed by atoms with Gasteiger partial charge in [-0.2, -0.15) is 11.3 Å². The number of carbonyl (C=O) groups excluding carboxylic acids is 1. The zero-order valence-corrected chi connectivity index (χ0v) is 12.1. The highest BCUT2D eigenvalue weighted by Crippen LogP contribution is 2.11. The van der Waals surface area contributed by atoms with Crippen molar-refractivity contribution in [3.8, 4) is 0 Å². The second-order valence-corrected chi connectivity index (χ2v) is 5.43. The highest BCUT2D eigenvalue weighted by molar-refractivity contribution is 7.07. The number of aromatic nitrogens is 1. The minimum atomic E-state index is -0.510. The van der Waals surface area contributed by atoms with Crippen LogP contribution in [-0.2, 0) is 17.8 Å². The van der Waals surface area contributed by atoms with Crippen LogP contribution < -0.4 is 11.1 Å². The first-order chi connectivity index (χ1) is 10.2. The first kappa shape index (κ1) is 13.6. The van der Waals surface area contributed by atoms with Crippen molar-refractivity contribution >= 4 is 28.3 Å². The summed E-state index contributed by atoms with van der Waals surface area (Å²) in [5.74, 6) is -0.705. The van der Waals surface area contributed by atoms with Crippen LogP contribution in [0.15, 0.2) is 50.3 Å². The Morgan fingerprint density at radius 2 is 2.14 bits per heavy atom. The van der Waals surface area contributed by atoms with E-state index < -0.39 is 5.76 Å². The molecular formula is C15H14N2O3S. The van der Waals surface area contributed by atoms with Crippen molar-refractivity contribution < 1.29 is 9.21 Å². The molecule has 2 heterocycles. The van der Waals surface area contributed by atoms with E-state index in [1.807, 2.05) is 17.5 Å². The largest absolute Gasteiger partial charge is 0.420 e. The van der Waals surface area contributed by atoms with Crippen molar-refractivity contribution in [1.82, 2.24) is 9.88 Å². The summed E-state index contributed by atoms with van der Waals surface area (Å²) in [5.41, 5.74) is 2.33. The van der Waals surface area contributed by atoms with E-state index in [-0.39, 0.29) is 12.5 Å². The van der Waals surface area contributed by atoms with Gasteiger partial charge >= 0.3 is 5.76 Å². The van der Waals surface area contributed by atoms with Gasteiger partial charge in [0, 0.05) is 6.54 Å². The number of hydrogen-bond acceptors (Lipinski definition) is 4. The summed E-state index contributed by atoms with van der Waals surface area (Å²) in [4.78, 5) is 23.7. The second-order valence-electron chi connectivity index (χ2n) is 4.65. The monoisotopic (exact) mass is 302 g/mol. The molecule has 0 aliphatic heterocycles. The normalized spacial score (nSPS) is 10.9. The van der Waals surface area contributed by atoms with Crippen molar-refractivity contribution in [1.29, 1.82) is 0 Å². The van der Waals surface area contributed by atoms with E-state index in [4.69, 9.17) is 4.42 Å². The van der Waals surface area contributed by atoms with E-state index in [0.29, 0.717) is 17.6 Å². The van der Waals surface area contributed by atoms with Crippen molar-refractivity contribution in [2.45, 2.75) is 13.0 Å². The summed E-state index contributed by atoms with van der Waals surface area (Å²) < 4.78 is 6.43. The summed E-state index contributed by atoms with van der Waals surface area (Å²) in [6.45, 7) is 0.527. The number of nitrogens with one attached hydrogen (secondary N) is 1. The summed E-state index contributed by atoms with van der Waals surface area (Å²) in [7, 11) is 0. The number of rotatable bonds is 5. The average Bonchev–Trinajstić information content (AvgIpc) is 3.08. The first-order valence-corrected chi connectivity index (χ1v) is 7.54. The van der Waals surface area contributed by atoms with Crippen LogP contribution in [0.3, 0.4) is 0 Å². The molecule has 0 saturated heterocycles. The van der Waals surface area contributed by atoms with Crippen molar-refractivity contribution in [2.24, 2.45) is 0 Å². The maximum atomic E-state index is 11.9. The lowest BCUT2D eigenvalue weighted by molar-refractivity contribution is -0.121. The quantitative estimate of drug-likeness (QED) is 0.784. The molecule has 108 valence electrons. The fraction of sp³-hybridized carbons (Fsp3) is 0.200. The molecule has 0 fully saturated rings. The minimum Gasteiger partial charge on any atom is -0.408 e. The van der Waals surface area contributed by atoms with Crippen LogP contribution in [0.25, 0.3) is 11.1 Å². The summed E-state index contributed by atoms with van der Waals surface area (Å²) in [6.07, 6.45) is 0.788. The number of fused-ring (bicyclic) bond motifs is 1. The number of oxazole rings is 1. The predicted octanol–water partition coefficient (Wildman–Crippen LogP) is 2.01. The van der Waals surface area contributed by atoms with Gasteiger partial charge in [-0.25, -0.2) is 4.79 Å². The third kappa shape index (κ3) is 3.05. The molecule has 6 heteroatoms. The third-order valence-corrected chi connectivity index (χ3v) is 3.92. The molecule has 0 aliphatic rings. The Hall–Kier alpha value is -2.34. The van der Waals surface area contributed by atoms with E-state index >= 15 is 0 Å². The number of carbonyl (C=O) groups is 1. The van der Waals surface area contributed by atoms with Crippen LogP contribution in [0.1, 0.15) is 5.56 Å². The van der Waals surface area contributed by atoms with Crippen molar-refractivity contribution in [3.05, 3.63) is 57.2 Å². The number of thiophene rings is 1. The smallest absolute Gasteiger partial charge is 0.408 e. The Morgan fingerprint density at radius 3 is 2.95 bits per heavy atom. The summed E-state index contributed by atoms with van der Waals surface area (Å²) in [6, 6.07) is 9.10. The van der Waals surface area contributed by atoms with Gasteiger partial charge in [-0.1, -0.05) is 12.1 Å². The number of nitrogens with zero attached hydrogens (tertiary/aromatic N) is 1. The zero-order valence-electron chi connectivity index (χ0n) is 11.2. The Labute approximate surface area is 124 Å². The van der Waals surface area contributed by atoms with Gasteiger partial charge in [0.05, 0.1) is 5.52 Å². The van der Waals surface area contributed by atoms with Crippen LogP contribution >= 0.6 is 11.3 Å². The molecule has 2 aromatic heterocycles. The fourth-order valence-electron chi connectivity index (χ4n) is 2.14. The van der Waals surface area contributed by atoms with Crippen molar-refractivity contribution in [2.75, 3.05) is 6.54 Å². The number of amides is 1. The second kappa shape index (κ2) is 5.97. The van der Waals surface area contributed by atoms with Crippen LogP contribution in [-0.4, -0.2) is 17.0 Å². The maximum absolute atomic E-state index is 11.9. The molecule has 3 aromatic rings. The molecule has 0 unspecified atom stereocenters. The van der Waals surface area contributed by atoms with Gasteiger partial charge in [-0.05, 0) is 40.9 Å². The molecule has 0 atom stereocenters. The van der Waals surface area contributed by atoms with Gasteiger partial charge in [0.15, 0.2) is 5.58 Å². The van der Waals surface area contributed by atoms with E-state index in [1.54, 1.807) is 29.5 Å². The highest BCUT2D eigenvalue weighted by Gasteiger charge is 2.11. The fourth-order valence-corrected chi connectivity index (χ4v) is 2.85. The molecule has 0 radical (unpaired) electrons. The van der Waals surface area contributed by atoms with E-state index in [9.17, 15) is 9.59 Å². The van der Waals surface area contributed by atoms with Crippen molar-refractivity contribution in [3.63, 3.8) is 0 Å². The van der Waals surface area contributed by atoms with Crippen LogP contribution in [0.2, 0.25) is 0 Å². The molecular weight excluding hydrogens is 288 g/mol. The van der Waals surface area contributed by atoms with E-state index in [1.165, 1.54) is 10.1 Å². The molecule has 0 spiro atoms. The molecule has 21 heavy (non-hydrogen) atoms. The van der Waals surface area contributed by atoms with E-state index in [2.05, 4.69) is 10.7 Å². The molecule has 0 bridgehead atoms. The van der Waals surface area contributed by atoms with Gasteiger partial charge in [0.1, 0.15) is 6.54 Å². The average molecular weight is 302 g/mol. The number of hydrogen-bond donors (Lipinski definition) is 1. The molecule has 1 N–H and O–H groups in total. The molecule has 0 aliphatic carbocycles. The standard InChI is InChI=1S/C15H14N2O3S/c18-14(16-7-5-11-6-8-21-10-11)9-17-12-3-1-2-4-13(12)20-15(17)19/h1-4,6,8,10H,5,7,9H2,(H,16,18). The first-order valence-electron chi connectivity index (χ1n) is 6.60. The Kier molecular flexibility index (Phi) is 3.87. The number of benzene rings is 1. The maximum Gasteiger partial charge on any atom is 0.420 e. The summed E-state index contributed by atoms with van der Waals surface area (Å²) >= 11 is 1.64. The number of para-hydroxylation sites is 2. The molecule has 5 nitrogen and oxygen atoms in total. The minimum absolute atomic E-state index is 0.0283. The topological polar surface area (TPSA) is 64.2 Å². The van der Waals surface area contributed by atoms with Gasteiger partial charge in [0.25, 0.3) is 0 Å². The van der Waals surface area contributed by atoms with Gasteiger partial charge in [-0.15, -0.1) is 0 Å². The predicted molar refractivity (Wildman–Crippen MR) is 81.5 cm³/mol. The van der Waals surface area contributed by atoms with Crippen LogP contribution in [0, 0.1) is 0 Å². The lowest BCUT2D eigenvalue weighted by Crippen LogP contribution is -2.32. The van der Waals surface area contributed by atoms with Gasteiger partial charge in [-0.3, -0.25) is 9.36 Å². The highest BCUT2D eigenvalue weighted by atomic mass is 32.1. The van der Waals surface area contributed by atoms with Gasteiger partial charge < -0.3 is 9.73 Å². The van der Waals surface area contributed by atoms with E-state index in [0.717, 1.165) is 6.42 Å².